The summed E-state index contributed by atoms with van der Waals surface area (Å²) in [4.78, 5) is 0. The van der Waals surface area contributed by atoms with Gasteiger partial charge in [0, 0.05) is 16.7 Å². The molecule has 0 saturated carbocycles. The van der Waals surface area contributed by atoms with Crippen molar-refractivity contribution >= 4 is 17.2 Å². The van der Waals surface area contributed by atoms with Crippen molar-refractivity contribution in [2.75, 3.05) is 20.8 Å². The van der Waals surface area contributed by atoms with Gasteiger partial charge in [0.2, 0.25) is 0 Å². The van der Waals surface area contributed by atoms with Crippen molar-refractivity contribution in [3.8, 4) is 11.5 Å². The minimum Gasteiger partial charge on any atom is -0.493 e. The van der Waals surface area contributed by atoms with Gasteiger partial charge in [-0.3, -0.25) is 0 Å². The Hall–Kier alpha value is -1.19. The molecule has 88 valence electrons. The van der Waals surface area contributed by atoms with E-state index in [0.29, 0.717) is 29.5 Å². The van der Waals surface area contributed by atoms with Crippen LogP contribution in [-0.2, 0) is 0 Å². The van der Waals surface area contributed by atoms with E-state index in [0.717, 1.165) is 11.1 Å². The quantitative estimate of drug-likeness (QED) is 0.862. The number of hydrogen-bond donors (Lipinski definition) is 1. The first-order chi connectivity index (χ1) is 7.63. The number of methoxy groups -OCH3 is 2. The largest absolute Gasteiger partial charge is 0.493 e. The molecule has 0 fully saturated rings. The van der Waals surface area contributed by atoms with Crippen LogP contribution in [0, 0.1) is 0 Å². The van der Waals surface area contributed by atoms with Gasteiger partial charge in [-0.15, -0.1) is 0 Å². The third kappa shape index (κ3) is 2.68. The molecule has 0 bridgehead atoms. The average molecular weight is 242 g/mol. The van der Waals surface area contributed by atoms with Crippen molar-refractivity contribution in [1.82, 2.24) is 0 Å². The molecule has 16 heavy (non-hydrogen) atoms. The first-order valence-corrected chi connectivity index (χ1v) is 5.31. The summed E-state index contributed by atoms with van der Waals surface area (Å²) in [5.74, 6) is 1.24. The number of hydrogen-bond acceptors (Lipinski definition) is 3. The first-order valence-electron chi connectivity index (χ1n) is 4.93. The molecule has 2 N–H and O–H groups in total. The third-order valence-electron chi connectivity index (χ3n) is 2.27. The van der Waals surface area contributed by atoms with Crippen LogP contribution >= 0.6 is 11.6 Å². The smallest absolute Gasteiger partial charge is 0.168 e. The summed E-state index contributed by atoms with van der Waals surface area (Å²) in [7, 11) is 3.16. The standard InChI is InChI=1S/C12H16ClNO2/c1-8(4-5-14)10-6-9(13)7-11(15-2)12(10)16-3/h6-7H,1,4-5,14H2,2-3H3. The van der Waals surface area contributed by atoms with Crippen LogP contribution in [0.5, 0.6) is 11.5 Å². The second kappa shape index (κ2) is 5.77. The topological polar surface area (TPSA) is 44.5 Å². The number of nitrogens with two attached hydrogens (primary N) is 1. The molecule has 0 aromatic heterocycles. The summed E-state index contributed by atoms with van der Waals surface area (Å²) in [6, 6.07) is 3.51. The van der Waals surface area contributed by atoms with Crippen molar-refractivity contribution in [2.24, 2.45) is 5.73 Å². The molecule has 0 amide bonds. The highest BCUT2D eigenvalue weighted by atomic mass is 35.5. The van der Waals surface area contributed by atoms with E-state index in [1.165, 1.54) is 0 Å². The second-order valence-electron chi connectivity index (χ2n) is 3.33. The molecule has 4 heteroatoms. The maximum atomic E-state index is 5.99. The molecule has 0 saturated heterocycles. The highest BCUT2D eigenvalue weighted by Gasteiger charge is 2.13. The van der Waals surface area contributed by atoms with Crippen LogP contribution in [0.4, 0.5) is 0 Å². The molecule has 0 atom stereocenters. The van der Waals surface area contributed by atoms with Crippen LogP contribution < -0.4 is 15.2 Å². The molecule has 0 aliphatic carbocycles. The molecule has 1 aromatic rings. The van der Waals surface area contributed by atoms with Gasteiger partial charge in [-0.25, -0.2) is 0 Å². The molecule has 0 spiro atoms. The molecule has 1 aromatic carbocycles. The number of ether oxygens (including phenoxy) is 2. The van der Waals surface area contributed by atoms with Crippen LogP contribution in [0.15, 0.2) is 18.7 Å². The van der Waals surface area contributed by atoms with E-state index < -0.39 is 0 Å². The Morgan fingerprint density at radius 1 is 1.38 bits per heavy atom. The summed E-state index contributed by atoms with van der Waals surface area (Å²) in [5.41, 5.74) is 7.23. The van der Waals surface area contributed by atoms with Gasteiger partial charge in [-0.1, -0.05) is 18.2 Å². The molecule has 0 aliphatic rings. The van der Waals surface area contributed by atoms with E-state index in [-0.39, 0.29) is 0 Å². The summed E-state index contributed by atoms with van der Waals surface area (Å²) in [5, 5.41) is 0.589. The zero-order chi connectivity index (χ0) is 12.1. The van der Waals surface area contributed by atoms with Crippen molar-refractivity contribution in [1.29, 1.82) is 0 Å². The van der Waals surface area contributed by atoms with E-state index >= 15 is 0 Å². The lowest BCUT2D eigenvalue weighted by Gasteiger charge is -2.14. The fourth-order valence-corrected chi connectivity index (χ4v) is 1.71. The maximum Gasteiger partial charge on any atom is 0.168 e. The molecule has 0 radical (unpaired) electrons. The molecule has 1 rings (SSSR count). The van der Waals surface area contributed by atoms with E-state index in [4.69, 9.17) is 26.8 Å². The van der Waals surface area contributed by atoms with Gasteiger partial charge in [0.1, 0.15) is 0 Å². The van der Waals surface area contributed by atoms with Crippen LogP contribution in [0.25, 0.3) is 5.57 Å². The highest BCUT2D eigenvalue weighted by Crippen LogP contribution is 2.38. The van der Waals surface area contributed by atoms with Gasteiger partial charge < -0.3 is 15.2 Å². The van der Waals surface area contributed by atoms with Gasteiger partial charge in [-0.05, 0) is 24.6 Å². The van der Waals surface area contributed by atoms with E-state index in [9.17, 15) is 0 Å². The molecule has 3 nitrogen and oxygen atoms in total. The molecule has 0 unspecified atom stereocenters. The van der Waals surface area contributed by atoms with Gasteiger partial charge in [0.05, 0.1) is 14.2 Å². The Morgan fingerprint density at radius 3 is 2.56 bits per heavy atom. The summed E-state index contributed by atoms with van der Waals surface area (Å²) >= 11 is 5.99. The predicted octanol–water partition coefficient (Wildman–Crippen LogP) is 2.72. The Labute approximate surface area is 101 Å². The summed E-state index contributed by atoms with van der Waals surface area (Å²) < 4.78 is 10.5. The van der Waals surface area contributed by atoms with Crippen molar-refractivity contribution < 1.29 is 9.47 Å². The fraction of sp³-hybridized carbons (Fsp3) is 0.333. The van der Waals surface area contributed by atoms with Crippen LogP contribution in [-0.4, -0.2) is 20.8 Å². The lowest BCUT2D eigenvalue weighted by atomic mass is 10.0. The van der Waals surface area contributed by atoms with Crippen LogP contribution in [0.3, 0.4) is 0 Å². The van der Waals surface area contributed by atoms with E-state index in [1.54, 1.807) is 26.4 Å². The van der Waals surface area contributed by atoms with E-state index in [2.05, 4.69) is 6.58 Å². The zero-order valence-electron chi connectivity index (χ0n) is 9.55. The minimum absolute atomic E-state index is 0.539. The van der Waals surface area contributed by atoms with Gasteiger partial charge >= 0.3 is 0 Å². The lowest BCUT2D eigenvalue weighted by Crippen LogP contribution is -2.01. The minimum atomic E-state index is 0.539. The van der Waals surface area contributed by atoms with E-state index in [1.807, 2.05) is 0 Å². The molecule has 0 aliphatic heterocycles. The first kappa shape index (κ1) is 12.9. The van der Waals surface area contributed by atoms with Gasteiger partial charge in [-0.2, -0.15) is 0 Å². The second-order valence-corrected chi connectivity index (χ2v) is 3.77. The monoisotopic (exact) mass is 241 g/mol. The van der Waals surface area contributed by atoms with Crippen molar-refractivity contribution in [3.63, 3.8) is 0 Å². The number of halogens is 1. The summed E-state index contributed by atoms with van der Waals surface area (Å²) in [6.07, 6.45) is 0.694. The zero-order valence-corrected chi connectivity index (χ0v) is 10.3. The van der Waals surface area contributed by atoms with Crippen LogP contribution in [0.1, 0.15) is 12.0 Å². The van der Waals surface area contributed by atoms with Gasteiger partial charge in [0.25, 0.3) is 0 Å². The number of benzene rings is 1. The van der Waals surface area contributed by atoms with Crippen LogP contribution in [0.2, 0.25) is 5.02 Å². The average Bonchev–Trinajstić information content (AvgIpc) is 2.28. The Balaban J connectivity index is 3.24. The Kier molecular flexibility index (Phi) is 4.65. The molecular weight excluding hydrogens is 226 g/mol. The summed E-state index contributed by atoms with van der Waals surface area (Å²) in [6.45, 7) is 4.50. The normalized spacial score (nSPS) is 10.0. The van der Waals surface area contributed by atoms with Crippen molar-refractivity contribution in [3.05, 3.63) is 29.3 Å². The molecular formula is C12H16ClNO2. The molecule has 0 heterocycles. The Bertz CT molecular complexity index is 391. The predicted molar refractivity (Wildman–Crippen MR) is 67.3 cm³/mol. The number of rotatable bonds is 5. The van der Waals surface area contributed by atoms with Crippen molar-refractivity contribution in [2.45, 2.75) is 6.42 Å². The fourth-order valence-electron chi connectivity index (χ4n) is 1.50. The Morgan fingerprint density at radius 2 is 2.06 bits per heavy atom. The maximum absolute atomic E-state index is 5.99. The lowest BCUT2D eigenvalue weighted by molar-refractivity contribution is 0.354. The highest BCUT2D eigenvalue weighted by molar-refractivity contribution is 6.31. The SMILES string of the molecule is C=C(CCN)c1cc(Cl)cc(OC)c1OC. The third-order valence-corrected chi connectivity index (χ3v) is 2.49. The van der Waals surface area contributed by atoms with Gasteiger partial charge in [0.15, 0.2) is 11.5 Å².